The van der Waals surface area contributed by atoms with Crippen LogP contribution in [0.15, 0.2) is 156 Å². The molecular formula is C44H25N3OS. The van der Waals surface area contributed by atoms with Gasteiger partial charge in [0.05, 0.1) is 26.9 Å². The minimum atomic E-state index is 0.690. The van der Waals surface area contributed by atoms with E-state index < -0.39 is 0 Å². The first-order valence-corrected chi connectivity index (χ1v) is 17.2. The second kappa shape index (κ2) is 10.1. The molecule has 0 amide bonds. The van der Waals surface area contributed by atoms with Crippen LogP contribution in [0.5, 0.6) is 0 Å². The van der Waals surface area contributed by atoms with Gasteiger partial charge in [0.15, 0.2) is 5.82 Å². The topological polar surface area (TPSA) is 43.9 Å². The second-order valence-electron chi connectivity index (χ2n) is 12.6. The predicted molar refractivity (Wildman–Crippen MR) is 205 cm³/mol. The molecule has 0 atom stereocenters. The molecule has 0 radical (unpaired) electrons. The molecule has 228 valence electrons. The number of rotatable bonds is 3. The fourth-order valence-electron chi connectivity index (χ4n) is 7.55. The summed E-state index contributed by atoms with van der Waals surface area (Å²) < 4.78 is 11.2. The van der Waals surface area contributed by atoms with Crippen molar-refractivity contribution in [3.63, 3.8) is 0 Å². The lowest BCUT2D eigenvalue weighted by Gasteiger charge is -2.10. The number of aromatic nitrogens is 3. The Balaban J connectivity index is 1.11. The molecule has 5 heteroatoms. The number of thiophene rings is 1. The first-order valence-electron chi connectivity index (χ1n) is 16.4. The number of benzene rings is 7. The summed E-state index contributed by atoms with van der Waals surface area (Å²) in [6.07, 6.45) is 0. The Morgan fingerprint density at radius 3 is 2.20 bits per heavy atom. The molecule has 0 spiro atoms. The van der Waals surface area contributed by atoms with Crippen molar-refractivity contribution in [3.8, 4) is 28.3 Å². The summed E-state index contributed by atoms with van der Waals surface area (Å²) in [5, 5.41) is 8.26. The highest BCUT2D eigenvalue weighted by Gasteiger charge is 2.19. The number of hydrogen-bond donors (Lipinski definition) is 0. The number of furan rings is 1. The summed E-state index contributed by atoms with van der Waals surface area (Å²) in [4.78, 5) is 10.3. The molecule has 49 heavy (non-hydrogen) atoms. The van der Waals surface area contributed by atoms with Crippen LogP contribution in [0.2, 0.25) is 0 Å². The summed E-state index contributed by atoms with van der Waals surface area (Å²) in [6, 6.07) is 53.6. The number of hydrogen-bond acceptors (Lipinski definition) is 4. The zero-order valence-electron chi connectivity index (χ0n) is 26.1. The van der Waals surface area contributed by atoms with Crippen LogP contribution < -0.4 is 0 Å². The molecule has 0 aliphatic rings. The molecule has 0 unspecified atom stereocenters. The lowest BCUT2D eigenvalue weighted by Crippen LogP contribution is -1.94. The SMILES string of the molecule is c1ccc(-c2nc(-c3ccc4c(c3)oc3ccc(-n5c6ccccc6c6ccc7ccccc7c65)cc34)nc3c2sc2ccccc23)cc1. The van der Waals surface area contributed by atoms with E-state index in [0.29, 0.717) is 5.82 Å². The van der Waals surface area contributed by atoms with Crippen molar-refractivity contribution in [1.29, 1.82) is 0 Å². The third-order valence-corrected chi connectivity index (χ3v) is 11.0. The third-order valence-electron chi connectivity index (χ3n) is 9.80. The molecule has 0 saturated carbocycles. The maximum atomic E-state index is 6.53. The van der Waals surface area contributed by atoms with Crippen molar-refractivity contribution in [2.45, 2.75) is 0 Å². The van der Waals surface area contributed by atoms with Crippen LogP contribution in [-0.2, 0) is 0 Å². The molecule has 7 aromatic carbocycles. The summed E-state index contributed by atoms with van der Waals surface area (Å²) >= 11 is 1.75. The minimum absolute atomic E-state index is 0.690. The lowest BCUT2D eigenvalue weighted by molar-refractivity contribution is 0.669. The van der Waals surface area contributed by atoms with Crippen LogP contribution in [0.3, 0.4) is 0 Å². The largest absolute Gasteiger partial charge is 0.456 e. The van der Waals surface area contributed by atoms with Gasteiger partial charge in [-0.2, -0.15) is 0 Å². The van der Waals surface area contributed by atoms with Gasteiger partial charge < -0.3 is 8.98 Å². The van der Waals surface area contributed by atoms with E-state index >= 15 is 0 Å². The van der Waals surface area contributed by atoms with Crippen molar-refractivity contribution >= 4 is 86.2 Å². The lowest BCUT2D eigenvalue weighted by atomic mass is 10.1. The van der Waals surface area contributed by atoms with Gasteiger partial charge in [0.25, 0.3) is 0 Å². The molecule has 0 fully saturated rings. The summed E-state index contributed by atoms with van der Waals surface area (Å²) in [5.74, 6) is 0.690. The highest BCUT2D eigenvalue weighted by molar-refractivity contribution is 7.26. The standard InChI is InChI=1S/C44H25N3OS/c1-2-11-27(12-3-1)40-43-41(34-15-7-9-17-39(34)49-43)46-44(45-40)28-19-21-32-35-25-29(20-23-37(35)48-38(32)24-28)47-36-16-8-6-14-31(36)33-22-18-26-10-4-5-13-30(26)42(33)47/h1-25H. The van der Waals surface area contributed by atoms with E-state index in [4.69, 9.17) is 14.4 Å². The molecule has 0 aliphatic heterocycles. The molecule has 4 aromatic heterocycles. The smallest absolute Gasteiger partial charge is 0.160 e. The van der Waals surface area contributed by atoms with E-state index in [1.165, 1.54) is 37.3 Å². The van der Waals surface area contributed by atoms with Gasteiger partial charge in [-0.25, -0.2) is 9.97 Å². The fraction of sp³-hybridized carbons (Fsp3) is 0. The molecule has 0 bridgehead atoms. The van der Waals surface area contributed by atoms with Crippen LogP contribution >= 0.6 is 11.3 Å². The summed E-state index contributed by atoms with van der Waals surface area (Å²) in [5.41, 5.74) is 9.12. The maximum absolute atomic E-state index is 6.53. The van der Waals surface area contributed by atoms with Crippen LogP contribution in [0.4, 0.5) is 0 Å². The summed E-state index contributed by atoms with van der Waals surface area (Å²) in [6.45, 7) is 0. The monoisotopic (exact) mass is 643 g/mol. The van der Waals surface area contributed by atoms with Crippen molar-refractivity contribution in [2.75, 3.05) is 0 Å². The average Bonchev–Trinajstić information content (AvgIpc) is 3.84. The van der Waals surface area contributed by atoms with Gasteiger partial charge in [-0.1, -0.05) is 109 Å². The van der Waals surface area contributed by atoms with E-state index in [0.717, 1.165) is 60.0 Å². The van der Waals surface area contributed by atoms with Gasteiger partial charge in [0.1, 0.15) is 11.2 Å². The Labute approximate surface area is 284 Å². The first kappa shape index (κ1) is 26.7. The zero-order chi connectivity index (χ0) is 32.1. The van der Waals surface area contributed by atoms with Crippen molar-refractivity contribution in [3.05, 3.63) is 152 Å². The molecule has 11 rings (SSSR count). The molecule has 0 saturated heterocycles. The van der Waals surface area contributed by atoms with Gasteiger partial charge in [-0.3, -0.25) is 0 Å². The summed E-state index contributed by atoms with van der Waals surface area (Å²) in [7, 11) is 0. The van der Waals surface area contributed by atoms with E-state index in [9.17, 15) is 0 Å². The van der Waals surface area contributed by atoms with Gasteiger partial charge in [-0.05, 0) is 47.9 Å². The minimum Gasteiger partial charge on any atom is -0.456 e. The number of nitrogens with zero attached hydrogens (tertiary/aromatic N) is 3. The first-order chi connectivity index (χ1) is 24.3. The van der Waals surface area contributed by atoms with E-state index in [1.807, 2.05) is 6.07 Å². The highest BCUT2D eigenvalue weighted by Crippen LogP contribution is 2.41. The Morgan fingerprint density at radius 2 is 1.29 bits per heavy atom. The fourth-order valence-corrected chi connectivity index (χ4v) is 8.71. The quantitative estimate of drug-likeness (QED) is 0.192. The van der Waals surface area contributed by atoms with Crippen LogP contribution in [0.1, 0.15) is 0 Å². The van der Waals surface area contributed by atoms with Gasteiger partial charge >= 0.3 is 0 Å². The van der Waals surface area contributed by atoms with E-state index in [1.54, 1.807) is 11.3 Å². The second-order valence-corrected chi connectivity index (χ2v) is 13.6. The Kier molecular flexibility index (Phi) is 5.51. The molecule has 4 heterocycles. The van der Waals surface area contributed by atoms with Crippen LogP contribution in [-0.4, -0.2) is 14.5 Å². The molecular weight excluding hydrogens is 619 g/mol. The Bertz CT molecular complexity index is 3110. The molecule has 0 N–H and O–H groups in total. The maximum Gasteiger partial charge on any atom is 0.160 e. The van der Waals surface area contributed by atoms with Crippen LogP contribution in [0.25, 0.3) is 103 Å². The van der Waals surface area contributed by atoms with Crippen molar-refractivity contribution in [2.24, 2.45) is 0 Å². The normalized spacial score (nSPS) is 12.1. The van der Waals surface area contributed by atoms with Crippen molar-refractivity contribution in [1.82, 2.24) is 14.5 Å². The average molecular weight is 644 g/mol. The number of para-hydroxylation sites is 1. The van der Waals surface area contributed by atoms with Gasteiger partial charge in [0, 0.05) is 53.8 Å². The van der Waals surface area contributed by atoms with Gasteiger partial charge in [0.2, 0.25) is 0 Å². The van der Waals surface area contributed by atoms with Crippen LogP contribution in [0, 0.1) is 0 Å². The Morgan fingerprint density at radius 1 is 0.510 bits per heavy atom. The predicted octanol–water partition coefficient (Wildman–Crippen LogP) is 12.3. The highest BCUT2D eigenvalue weighted by atomic mass is 32.1. The van der Waals surface area contributed by atoms with E-state index in [2.05, 4.69) is 150 Å². The number of fused-ring (bicyclic) bond motifs is 11. The van der Waals surface area contributed by atoms with E-state index in [-0.39, 0.29) is 0 Å². The van der Waals surface area contributed by atoms with Gasteiger partial charge in [-0.15, -0.1) is 11.3 Å². The molecule has 11 aromatic rings. The zero-order valence-corrected chi connectivity index (χ0v) is 26.9. The molecule has 4 nitrogen and oxygen atoms in total. The molecule has 0 aliphatic carbocycles. The third kappa shape index (κ3) is 3.91. The Hall–Kier alpha value is -6.30. The van der Waals surface area contributed by atoms with Crippen molar-refractivity contribution < 1.29 is 4.42 Å².